The molecular formula is C18H23NS. The molecule has 0 saturated heterocycles. The van der Waals surface area contributed by atoms with E-state index < -0.39 is 0 Å². The minimum atomic E-state index is 0.0922. The van der Waals surface area contributed by atoms with Crippen LogP contribution in [-0.2, 0) is 12.2 Å². The van der Waals surface area contributed by atoms with E-state index in [0.29, 0.717) is 5.25 Å². The second-order valence-corrected chi connectivity index (χ2v) is 6.49. The van der Waals surface area contributed by atoms with Crippen LogP contribution < -0.4 is 5.73 Å². The molecular weight excluding hydrogens is 262 g/mol. The van der Waals surface area contributed by atoms with Gasteiger partial charge in [-0.05, 0) is 23.1 Å². The fourth-order valence-electron chi connectivity index (χ4n) is 2.15. The number of thioether (sulfide) groups is 1. The van der Waals surface area contributed by atoms with Gasteiger partial charge in [-0.1, -0.05) is 68.4 Å². The Bertz CT molecular complexity index is 507. The average molecular weight is 285 g/mol. The third-order valence-electron chi connectivity index (χ3n) is 3.63. The molecule has 2 aromatic carbocycles. The van der Waals surface area contributed by atoms with Gasteiger partial charge in [0.15, 0.2) is 0 Å². The van der Waals surface area contributed by atoms with Crippen LogP contribution >= 0.6 is 11.8 Å². The molecule has 2 aromatic rings. The summed E-state index contributed by atoms with van der Waals surface area (Å²) in [5, 5.41) is 0.405. The van der Waals surface area contributed by atoms with Crippen molar-refractivity contribution in [1.82, 2.24) is 0 Å². The summed E-state index contributed by atoms with van der Waals surface area (Å²) in [6.45, 7) is 4.39. The molecule has 2 heteroatoms. The van der Waals surface area contributed by atoms with Gasteiger partial charge in [0, 0.05) is 17.0 Å². The second kappa shape index (κ2) is 7.51. The molecule has 0 aliphatic carbocycles. The Balaban J connectivity index is 1.92. The number of aryl methyl sites for hydroxylation is 1. The molecule has 0 aliphatic heterocycles. The minimum absolute atomic E-state index is 0.0922. The normalized spacial score (nSPS) is 13.9. The lowest BCUT2D eigenvalue weighted by Crippen LogP contribution is -2.21. The zero-order chi connectivity index (χ0) is 14.4. The lowest BCUT2D eigenvalue weighted by molar-refractivity contribution is 0.714. The van der Waals surface area contributed by atoms with Gasteiger partial charge in [0.25, 0.3) is 0 Å². The highest BCUT2D eigenvalue weighted by molar-refractivity contribution is 7.99. The van der Waals surface area contributed by atoms with E-state index >= 15 is 0 Å². The van der Waals surface area contributed by atoms with Gasteiger partial charge in [-0.25, -0.2) is 0 Å². The molecule has 0 saturated carbocycles. The largest absolute Gasteiger partial charge is 0.323 e. The summed E-state index contributed by atoms with van der Waals surface area (Å²) < 4.78 is 0. The quantitative estimate of drug-likeness (QED) is 0.841. The van der Waals surface area contributed by atoms with Crippen LogP contribution in [0, 0.1) is 0 Å². The summed E-state index contributed by atoms with van der Waals surface area (Å²) in [5.74, 6) is 1.02. The van der Waals surface area contributed by atoms with E-state index in [2.05, 4.69) is 68.4 Å². The van der Waals surface area contributed by atoms with Gasteiger partial charge in [-0.2, -0.15) is 11.8 Å². The van der Waals surface area contributed by atoms with Gasteiger partial charge < -0.3 is 5.73 Å². The number of hydrogen-bond donors (Lipinski definition) is 1. The van der Waals surface area contributed by atoms with Crippen LogP contribution in [0.15, 0.2) is 54.6 Å². The summed E-state index contributed by atoms with van der Waals surface area (Å²) in [4.78, 5) is 0. The number of benzene rings is 2. The van der Waals surface area contributed by atoms with Crippen molar-refractivity contribution in [2.75, 3.05) is 0 Å². The van der Waals surface area contributed by atoms with E-state index in [1.54, 1.807) is 0 Å². The van der Waals surface area contributed by atoms with Gasteiger partial charge in [-0.3, -0.25) is 0 Å². The lowest BCUT2D eigenvalue weighted by Gasteiger charge is -2.20. The highest BCUT2D eigenvalue weighted by Crippen LogP contribution is 2.27. The molecule has 0 spiro atoms. The summed E-state index contributed by atoms with van der Waals surface area (Å²) in [7, 11) is 0. The Hall–Kier alpha value is -1.25. The molecule has 20 heavy (non-hydrogen) atoms. The summed E-state index contributed by atoms with van der Waals surface area (Å²) in [6, 6.07) is 19.4. The minimum Gasteiger partial charge on any atom is -0.323 e. The first kappa shape index (κ1) is 15.1. The van der Waals surface area contributed by atoms with Gasteiger partial charge in [0.1, 0.15) is 0 Å². The molecule has 0 bridgehead atoms. The fraction of sp³-hybridized carbons (Fsp3) is 0.333. The zero-order valence-corrected chi connectivity index (χ0v) is 13.1. The van der Waals surface area contributed by atoms with E-state index in [9.17, 15) is 0 Å². The topological polar surface area (TPSA) is 26.0 Å². The van der Waals surface area contributed by atoms with Gasteiger partial charge >= 0.3 is 0 Å². The zero-order valence-electron chi connectivity index (χ0n) is 12.3. The summed E-state index contributed by atoms with van der Waals surface area (Å²) >= 11 is 1.92. The van der Waals surface area contributed by atoms with Crippen molar-refractivity contribution in [2.24, 2.45) is 5.73 Å². The van der Waals surface area contributed by atoms with Crippen molar-refractivity contribution in [3.8, 4) is 0 Å². The standard InChI is InChI=1S/C18H23NS/c1-3-15-9-11-17(12-10-15)18(19)14(2)20-13-16-7-5-4-6-8-16/h4-12,14,18H,3,13,19H2,1-2H3. The first-order chi connectivity index (χ1) is 9.70. The van der Waals surface area contributed by atoms with Gasteiger partial charge in [-0.15, -0.1) is 0 Å². The maximum absolute atomic E-state index is 6.37. The smallest absolute Gasteiger partial charge is 0.0412 e. The Labute approximate surface area is 126 Å². The van der Waals surface area contributed by atoms with Crippen LogP contribution in [0.3, 0.4) is 0 Å². The average Bonchev–Trinajstić information content (AvgIpc) is 2.53. The molecule has 0 amide bonds. The molecule has 2 unspecified atom stereocenters. The molecule has 0 fully saturated rings. The second-order valence-electron chi connectivity index (χ2n) is 5.12. The van der Waals surface area contributed by atoms with E-state index in [-0.39, 0.29) is 6.04 Å². The van der Waals surface area contributed by atoms with Crippen molar-refractivity contribution in [3.63, 3.8) is 0 Å². The molecule has 2 rings (SSSR count). The summed E-state index contributed by atoms with van der Waals surface area (Å²) in [6.07, 6.45) is 1.08. The predicted octanol–water partition coefficient (Wildman–Crippen LogP) is 4.57. The van der Waals surface area contributed by atoms with Gasteiger partial charge in [0.05, 0.1) is 0 Å². The predicted molar refractivity (Wildman–Crippen MR) is 89.9 cm³/mol. The van der Waals surface area contributed by atoms with E-state index in [0.717, 1.165) is 12.2 Å². The molecule has 0 aliphatic rings. The molecule has 0 radical (unpaired) electrons. The molecule has 106 valence electrons. The SMILES string of the molecule is CCc1ccc(C(N)C(C)SCc2ccccc2)cc1. The van der Waals surface area contributed by atoms with Crippen molar-refractivity contribution in [3.05, 3.63) is 71.3 Å². The van der Waals surface area contributed by atoms with Crippen LogP contribution in [0.4, 0.5) is 0 Å². The Kier molecular flexibility index (Phi) is 5.69. The first-order valence-corrected chi connectivity index (χ1v) is 8.25. The van der Waals surface area contributed by atoms with Crippen LogP contribution in [0.1, 0.15) is 36.6 Å². The molecule has 1 nitrogen and oxygen atoms in total. The van der Waals surface area contributed by atoms with Gasteiger partial charge in [0.2, 0.25) is 0 Å². The summed E-state index contributed by atoms with van der Waals surface area (Å²) in [5.41, 5.74) is 10.3. The van der Waals surface area contributed by atoms with Crippen LogP contribution in [0.25, 0.3) is 0 Å². The Morgan fingerprint density at radius 1 is 0.950 bits per heavy atom. The molecule has 0 heterocycles. The maximum Gasteiger partial charge on any atom is 0.0412 e. The third kappa shape index (κ3) is 4.12. The third-order valence-corrected chi connectivity index (χ3v) is 4.95. The van der Waals surface area contributed by atoms with Crippen LogP contribution in [0.5, 0.6) is 0 Å². The van der Waals surface area contributed by atoms with Crippen molar-refractivity contribution < 1.29 is 0 Å². The Morgan fingerprint density at radius 2 is 1.60 bits per heavy atom. The Morgan fingerprint density at radius 3 is 2.20 bits per heavy atom. The number of nitrogens with two attached hydrogens (primary N) is 1. The van der Waals surface area contributed by atoms with Crippen LogP contribution in [0.2, 0.25) is 0 Å². The van der Waals surface area contributed by atoms with Crippen molar-refractivity contribution >= 4 is 11.8 Å². The first-order valence-electron chi connectivity index (χ1n) is 7.20. The van der Waals surface area contributed by atoms with E-state index in [4.69, 9.17) is 5.73 Å². The molecule has 2 N–H and O–H groups in total. The molecule has 2 atom stereocenters. The van der Waals surface area contributed by atoms with Crippen molar-refractivity contribution in [1.29, 1.82) is 0 Å². The highest BCUT2D eigenvalue weighted by Gasteiger charge is 2.15. The number of hydrogen-bond acceptors (Lipinski definition) is 2. The molecule has 0 aromatic heterocycles. The maximum atomic E-state index is 6.37. The fourth-order valence-corrected chi connectivity index (χ4v) is 3.16. The van der Waals surface area contributed by atoms with E-state index in [1.165, 1.54) is 16.7 Å². The van der Waals surface area contributed by atoms with E-state index in [1.807, 2.05) is 11.8 Å². The number of rotatable bonds is 6. The highest BCUT2D eigenvalue weighted by atomic mass is 32.2. The van der Waals surface area contributed by atoms with Crippen molar-refractivity contribution in [2.45, 2.75) is 37.3 Å². The monoisotopic (exact) mass is 285 g/mol. The lowest BCUT2D eigenvalue weighted by atomic mass is 10.0. The van der Waals surface area contributed by atoms with Crippen LogP contribution in [-0.4, -0.2) is 5.25 Å².